The van der Waals surface area contributed by atoms with E-state index in [-0.39, 0.29) is 38.5 Å². The van der Waals surface area contributed by atoms with Gasteiger partial charge in [-0.25, -0.2) is 4.79 Å². The highest BCUT2D eigenvalue weighted by Crippen LogP contribution is 2.76. The van der Waals surface area contributed by atoms with Crippen LogP contribution in [0.5, 0.6) is 5.75 Å². The Morgan fingerprint density at radius 2 is 1.19 bits per heavy atom. The zero-order chi connectivity index (χ0) is 86.4. The van der Waals surface area contributed by atoms with Crippen molar-refractivity contribution in [1.29, 1.82) is 0 Å². The number of aliphatic hydroxyl groups excluding tert-OH is 14. The largest absolute Gasteiger partial charge is 0.497 e. The summed E-state index contributed by atoms with van der Waals surface area (Å²) >= 11 is 0. The first kappa shape index (κ1) is 92.0. The normalized spacial score (nSPS) is 47.3. The van der Waals surface area contributed by atoms with Crippen LogP contribution in [-0.2, 0) is 90.3 Å². The second-order valence-electron chi connectivity index (χ2n) is 36.2. The number of hydrogen-bond donors (Lipinski definition) is 18. The van der Waals surface area contributed by atoms with Crippen LogP contribution in [0, 0.1) is 50.2 Å². The first-order valence-electron chi connectivity index (χ1n) is 40.3. The minimum absolute atomic E-state index is 0.0332. The van der Waals surface area contributed by atoms with Gasteiger partial charge < -0.3 is 163 Å². The molecule has 38 nitrogen and oxygen atoms in total. The quantitative estimate of drug-likeness (QED) is 0.0157. The molecule has 0 amide bonds. The van der Waals surface area contributed by atoms with Gasteiger partial charge in [0, 0.05) is 11.5 Å². The van der Waals surface area contributed by atoms with E-state index in [1.54, 1.807) is 24.3 Å². The molecule has 12 rings (SSSR count). The van der Waals surface area contributed by atoms with Gasteiger partial charge in [-0.1, -0.05) is 51.5 Å². The Kier molecular flexibility index (Phi) is 27.3. The molecule has 10 fully saturated rings. The Morgan fingerprint density at radius 3 is 1.85 bits per heavy atom. The molecule has 38 atom stereocenters. The molecule has 5 aliphatic carbocycles. The van der Waals surface area contributed by atoms with Crippen LogP contribution in [0.25, 0.3) is 6.08 Å². The van der Waals surface area contributed by atoms with E-state index in [9.17, 15) is 111 Å². The van der Waals surface area contributed by atoms with Crippen LogP contribution in [-0.4, -0.2) is 345 Å². The van der Waals surface area contributed by atoms with Crippen molar-refractivity contribution in [2.24, 2.45) is 50.2 Å². The summed E-state index contributed by atoms with van der Waals surface area (Å²) in [5, 5.41) is 202. The van der Waals surface area contributed by atoms with E-state index in [2.05, 4.69) is 6.92 Å². The molecule has 6 heterocycles. The molecular weight excluding hydrogens is 1570 g/mol. The lowest BCUT2D eigenvalue weighted by Crippen LogP contribution is -2.71. The predicted molar refractivity (Wildman–Crippen MR) is 394 cm³/mol. The first-order chi connectivity index (χ1) is 55.3. The van der Waals surface area contributed by atoms with E-state index in [4.69, 9.17) is 71.1 Å². The van der Waals surface area contributed by atoms with Crippen molar-refractivity contribution in [3.8, 4) is 5.75 Å². The lowest BCUT2D eigenvalue weighted by molar-refractivity contribution is -0.397. The molecule has 1 aromatic rings. The third-order valence-corrected chi connectivity index (χ3v) is 27.9. The van der Waals surface area contributed by atoms with Crippen LogP contribution >= 0.6 is 0 Å². The van der Waals surface area contributed by atoms with E-state index in [0.29, 0.717) is 30.6 Å². The summed E-state index contributed by atoms with van der Waals surface area (Å²) in [5.41, 5.74) is -10.4. The molecule has 118 heavy (non-hydrogen) atoms. The number of rotatable bonds is 25. The number of aliphatic hydroxyl groups is 16. The van der Waals surface area contributed by atoms with Crippen molar-refractivity contribution in [2.75, 3.05) is 40.1 Å². The Bertz CT molecular complexity index is 3770. The molecule has 11 aliphatic rings. The van der Waals surface area contributed by atoms with E-state index in [1.807, 2.05) is 26.8 Å². The van der Waals surface area contributed by atoms with Gasteiger partial charge in [-0.3, -0.25) is 19.2 Å². The minimum atomic E-state index is -2.54. The lowest BCUT2D eigenvalue weighted by atomic mass is 9.33. The molecule has 18 N–H and O–H groups in total. The molecule has 0 spiro atoms. The summed E-state index contributed by atoms with van der Waals surface area (Å²) < 4.78 is 92.3. The minimum Gasteiger partial charge on any atom is -0.497 e. The van der Waals surface area contributed by atoms with Gasteiger partial charge in [0.1, 0.15) is 110 Å². The van der Waals surface area contributed by atoms with E-state index in [1.165, 1.54) is 40.9 Å². The van der Waals surface area contributed by atoms with Crippen molar-refractivity contribution in [2.45, 2.75) is 316 Å². The molecule has 0 radical (unpaired) electrons. The number of ether oxygens (including phenoxy) is 15. The van der Waals surface area contributed by atoms with Crippen molar-refractivity contribution in [3.05, 3.63) is 47.6 Å². The number of allylic oxidation sites excluding steroid dienone is 1. The summed E-state index contributed by atoms with van der Waals surface area (Å²) in [6, 6.07) is 6.55. The van der Waals surface area contributed by atoms with Crippen molar-refractivity contribution in [1.82, 2.24) is 0 Å². The molecule has 1 aromatic carbocycles. The van der Waals surface area contributed by atoms with Gasteiger partial charge in [-0.15, -0.1) is 0 Å². The second-order valence-corrected chi connectivity index (χ2v) is 36.2. The van der Waals surface area contributed by atoms with Gasteiger partial charge >= 0.3 is 29.8 Å². The smallest absolute Gasteiger partial charge is 0.331 e. The molecule has 38 unspecified atom stereocenters. The van der Waals surface area contributed by atoms with Crippen LogP contribution in [0.4, 0.5) is 0 Å². The Balaban J connectivity index is 0.907. The monoisotopic (exact) mass is 1690 g/mol. The van der Waals surface area contributed by atoms with Crippen molar-refractivity contribution >= 4 is 35.9 Å². The second kappa shape index (κ2) is 35.1. The average Bonchev–Trinajstić information content (AvgIpc) is 0.736. The zero-order valence-electron chi connectivity index (χ0n) is 67.5. The first-order valence-corrected chi connectivity index (χ1v) is 40.3. The van der Waals surface area contributed by atoms with Crippen LogP contribution < -0.4 is 4.74 Å². The summed E-state index contributed by atoms with van der Waals surface area (Å²) in [6.45, 7) is 10.9. The summed E-state index contributed by atoms with van der Waals surface area (Å²) in [5.74, 6) is -7.40. The number of carboxylic acid groups (broad SMARTS) is 2. The molecule has 6 aliphatic heterocycles. The van der Waals surface area contributed by atoms with Gasteiger partial charge in [0.05, 0.1) is 87.2 Å². The van der Waals surface area contributed by atoms with Gasteiger partial charge in [0.25, 0.3) is 0 Å². The summed E-state index contributed by atoms with van der Waals surface area (Å²) in [7, 11) is 1.47. The van der Waals surface area contributed by atoms with E-state index < -0.39 is 309 Å². The Morgan fingerprint density at radius 1 is 0.593 bits per heavy atom. The standard InChI is InChI=1S/C80H118O38/c1-34-49(89)52(92)55(95)66(108-34)115-61-59(112-47(87)18-13-37-11-14-38(104-10)15-12-37)36(3)110-69(62(61)116-68-57(97)60(58(35(2)109-68)113-65-54(94)50(90)42(84)30-105-65)114-70-63(98)80(103,33-107-70)32-106-48(88)28-74(6,102)27-46(85)86)118-72(101)78-22-21-73(4,5)25-40(78)39-16-17-44-75(7)26-41(83)64(117-67-56(96)53(93)51(91)43(29-81)111-67)77(9,71(99)100)45(75)19-20-76(44,8)79(39,31-82)24-23-78/h11-16,18,34-36,40-45,49-70,81-84,89-98,102-103H,17,19-33H2,1-10H3,(H,85,86)(H,99,100). The van der Waals surface area contributed by atoms with Crippen molar-refractivity contribution in [3.63, 3.8) is 0 Å². The predicted octanol–water partition coefficient (Wildman–Crippen LogP) is -2.58. The number of aliphatic carboxylic acids is 2. The highest BCUT2D eigenvalue weighted by Gasteiger charge is 2.74. The highest BCUT2D eigenvalue weighted by atomic mass is 16.8. The zero-order valence-corrected chi connectivity index (χ0v) is 67.5. The van der Waals surface area contributed by atoms with Crippen LogP contribution in [0.3, 0.4) is 0 Å². The fraction of sp³-hybridized carbons (Fsp3) is 0.812. The van der Waals surface area contributed by atoms with Gasteiger partial charge in [0.15, 0.2) is 49.3 Å². The number of methoxy groups -OCH3 is 1. The van der Waals surface area contributed by atoms with Gasteiger partial charge in [0.2, 0.25) is 6.29 Å². The third-order valence-electron chi connectivity index (χ3n) is 27.9. The Labute approximate surface area is 680 Å². The highest BCUT2D eigenvalue weighted by molar-refractivity contribution is 5.87. The molecule has 6 saturated heterocycles. The molecule has 0 aromatic heterocycles. The Hall–Kier alpha value is -5.23. The maximum absolute atomic E-state index is 16.6. The fourth-order valence-electron chi connectivity index (χ4n) is 21.1. The third kappa shape index (κ3) is 17.1. The molecule has 38 heteroatoms. The topological polar surface area (TPSA) is 588 Å². The molecular formula is C80H118O38. The lowest BCUT2D eigenvalue weighted by Gasteiger charge is -2.71. The van der Waals surface area contributed by atoms with Gasteiger partial charge in [-0.2, -0.15) is 0 Å². The van der Waals surface area contributed by atoms with Crippen molar-refractivity contribution < 1.29 is 187 Å². The fourth-order valence-corrected chi connectivity index (χ4v) is 21.1. The van der Waals surface area contributed by atoms with Crippen LogP contribution in [0.2, 0.25) is 0 Å². The molecule has 0 bridgehead atoms. The number of esters is 3. The van der Waals surface area contributed by atoms with E-state index in [0.717, 1.165) is 18.6 Å². The summed E-state index contributed by atoms with van der Waals surface area (Å²) in [4.78, 5) is 69.6. The SMILES string of the molecule is COc1ccc(C=CC(=O)OC2C(C)OC(OC(=O)C34CCC(C)(C)CC3C3=CCC5C6(C)CC(O)C(OC7OC(CO)C(O)C(O)C7O)C(C)(C(=O)O)C6CCC5(C)C3(CO)CC4)C(OC3OC(C)C(OC4OCC(O)C(O)C4O)C(OC4OCC(O)(COC(=O)CC(C)(O)CC(=O)O)C4O)C3O)C2OC2OC(C)C(O)C(O)C2O)cc1. The average molecular weight is 1690 g/mol. The number of hydrogen-bond acceptors (Lipinski definition) is 36. The van der Waals surface area contributed by atoms with Gasteiger partial charge in [-0.05, 0) is 150 Å². The van der Waals surface area contributed by atoms with Crippen LogP contribution in [0.15, 0.2) is 42.0 Å². The van der Waals surface area contributed by atoms with Crippen LogP contribution in [0.1, 0.15) is 139 Å². The number of fused-ring (bicyclic) bond motifs is 7. The number of carbonyl (C=O) groups excluding carboxylic acids is 3. The number of benzene rings is 1. The van der Waals surface area contributed by atoms with E-state index >= 15 is 4.79 Å². The maximum atomic E-state index is 16.6. The summed E-state index contributed by atoms with van der Waals surface area (Å²) in [6.07, 6.45) is -47.1. The number of carbonyl (C=O) groups is 5. The maximum Gasteiger partial charge on any atom is 0.331 e. The molecule has 4 saturated carbocycles. The molecule has 666 valence electrons. The number of carboxylic acids is 2.